The molecule has 3 heteroatoms. The Morgan fingerprint density at radius 2 is 1.71 bits per heavy atom. The first kappa shape index (κ1) is 16.3. The monoisotopic (exact) mass is 290 g/mol. The third-order valence-electron chi connectivity index (χ3n) is 4.85. The third kappa shape index (κ3) is 3.22. The van der Waals surface area contributed by atoms with Crippen LogP contribution in [-0.2, 0) is 12.8 Å². The van der Waals surface area contributed by atoms with Gasteiger partial charge in [0.2, 0.25) is 0 Å². The molecule has 0 aliphatic heterocycles. The maximum Gasteiger partial charge on any atom is 0.166 e. The van der Waals surface area contributed by atoms with Crippen LogP contribution in [0.2, 0.25) is 0 Å². The lowest BCUT2D eigenvalue weighted by Crippen LogP contribution is -2.25. The molecule has 0 saturated heterocycles. The molecule has 1 fully saturated rings. The first-order valence-corrected chi connectivity index (χ1v) is 8.65. The minimum absolute atomic E-state index is 0.256. The molecule has 0 spiro atoms. The van der Waals surface area contributed by atoms with E-state index in [-0.39, 0.29) is 5.78 Å². The minimum Gasteiger partial charge on any atom is -0.294 e. The van der Waals surface area contributed by atoms with Crippen molar-refractivity contribution in [1.82, 2.24) is 9.78 Å². The molecule has 1 aromatic rings. The largest absolute Gasteiger partial charge is 0.294 e. The lowest BCUT2D eigenvalue weighted by Gasteiger charge is -2.32. The molecule has 2 rings (SSSR count). The molecule has 1 saturated carbocycles. The summed E-state index contributed by atoms with van der Waals surface area (Å²) >= 11 is 0. The minimum atomic E-state index is 0.256. The fraction of sp³-hybridized carbons (Fsp3) is 0.778. The Balaban J connectivity index is 2.43. The van der Waals surface area contributed by atoms with Crippen molar-refractivity contribution in [2.45, 2.75) is 79.2 Å². The molecule has 0 N–H and O–H groups in total. The number of hydrogen-bond acceptors (Lipinski definition) is 2. The second kappa shape index (κ2) is 6.76. The van der Waals surface area contributed by atoms with Gasteiger partial charge in [0.1, 0.15) is 0 Å². The van der Waals surface area contributed by atoms with Crippen molar-refractivity contribution in [3.63, 3.8) is 0 Å². The van der Waals surface area contributed by atoms with Crippen LogP contribution < -0.4 is 0 Å². The standard InChI is InChI=1S/C18H30N2O/c1-6-15-18(17(21)8-3)16(7-2)20(19-15)14-10-12(4)9-13(5)11-14/h12-14H,6-11H2,1-5H3. The molecule has 0 bridgehead atoms. The topological polar surface area (TPSA) is 34.9 Å². The predicted molar refractivity (Wildman–Crippen MR) is 86.8 cm³/mol. The Hall–Kier alpha value is -1.12. The summed E-state index contributed by atoms with van der Waals surface area (Å²) in [6.07, 6.45) is 6.03. The van der Waals surface area contributed by atoms with Crippen LogP contribution in [-0.4, -0.2) is 15.6 Å². The van der Waals surface area contributed by atoms with Gasteiger partial charge >= 0.3 is 0 Å². The molecule has 0 amide bonds. The van der Waals surface area contributed by atoms with Crippen molar-refractivity contribution in [3.05, 3.63) is 17.0 Å². The molecule has 2 unspecified atom stereocenters. The number of ketones is 1. The maximum atomic E-state index is 12.3. The van der Waals surface area contributed by atoms with Crippen LogP contribution in [0.25, 0.3) is 0 Å². The zero-order valence-electron chi connectivity index (χ0n) is 14.3. The van der Waals surface area contributed by atoms with Gasteiger partial charge < -0.3 is 0 Å². The molecule has 1 aromatic heterocycles. The van der Waals surface area contributed by atoms with Crippen LogP contribution >= 0.6 is 0 Å². The summed E-state index contributed by atoms with van der Waals surface area (Å²) in [5, 5.41) is 4.86. The summed E-state index contributed by atoms with van der Waals surface area (Å²) in [6.45, 7) is 10.9. The SMILES string of the molecule is CCC(=O)c1c(CC)nn(C2CC(C)CC(C)C2)c1CC. The van der Waals surface area contributed by atoms with Crippen LogP contribution in [0.1, 0.15) is 88.1 Å². The van der Waals surface area contributed by atoms with Crippen LogP contribution in [0.3, 0.4) is 0 Å². The van der Waals surface area contributed by atoms with E-state index in [4.69, 9.17) is 5.10 Å². The fourth-order valence-electron chi connectivity index (χ4n) is 4.01. The first-order valence-electron chi connectivity index (χ1n) is 8.65. The van der Waals surface area contributed by atoms with Gasteiger partial charge in [-0.15, -0.1) is 0 Å². The summed E-state index contributed by atoms with van der Waals surface area (Å²) in [4.78, 5) is 12.3. The fourth-order valence-corrected chi connectivity index (χ4v) is 4.01. The average Bonchev–Trinajstić information content (AvgIpc) is 2.83. The molecule has 0 aromatic carbocycles. The number of nitrogens with zero attached hydrogens (tertiary/aromatic N) is 2. The van der Waals surface area contributed by atoms with E-state index in [9.17, 15) is 4.79 Å². The first-order chi connectivity index (χ1) is 10.0. The predicted octanol–water partition coefficient (Wildman–Crippen LogP) is 4.60. The number of hydrogen-bond donors (Lipinski definition) is 0. The summed E-state index contributed by atoms with van der Waals surface area (Å²) in [5.41, 5.74) is 3.10. The van der Waals surface area contributed by atoms with Crippen molar-refractivity contribution < 1.29 is 4.79 Å². The second-order valence-corrected chi connectivity index (χ2v) is 6.77. The second-order valence-electron chi connectivity index (χ2n) is 6.77. The van der Waals surface area contributed by atoms with Crippen LogP contribution in [0.4, 0.5) is 0 Å². The van der Waals surface area contributed by atoms with Gasteiger partial charge in [0, 0.05) is 12.1 Å². The van der Waals surface area contributed by atoms with Crippen molar-refractivity contribution >= 4 is 5.78 Å². The molecule has 118 valence electrons. The lowest BCUT2D eigenvalue weighted by atomic mass is 9.80. The van der Waals surface area contributed by atoms with Crippen molar-refractivity contribution in [2.75, 3.05) is 0 Å². The van der Waals surface area contributed by atoms with Gasteiger partial charge in [0.15, 0.2) is 5.78 Å². The van der Waals surface area contributed by atoms with Crippen molar-refractivity contribution in [2.24, 2.45) is 11.8 Å². The highest BCUT2D eigenvalue weighted by molar-refractivity contribution is 5.98. The molecule has 21 heavy (non-hydrogen) atoms. The van der Waals surface area contributed by atoms with E-state index in [2.05, 4.69) is 32.4 Å². The van der Waals surface area contributed by atoms with E-state index in [0.717, 1.165) is 35.9 Å². The zero-order valence-corrected chi connectivity index (χ0v) is 14.3. The Labute approximate surface area is 129 Å². The highest BCUT2D eigenvalue weighted by Gasteiger charge is 2.29. The van der Waals surface area contributed by atoms with E-state index in [0.29, 0.717) is 12.5 Å². The van der Waals surface area contributed by atoms with Gasteiger partial charge in [0.05, 0.1) is 17.3 Å². The molecule has 1 aliphatic carbocycles. The van der Waals surface area contributed by atoms with E-state index < -0.39 is 0 Å². The average molecular weight is 290 g/mol. The van der Waals surface area contributed by atoms with Crippen LogP contribution in [0, 0.1) is 11.8 Å². The number of rotatable bonds is 5. The molecule has 3 nitrogen and oxygen atoms in total. The highest BCUT2D eigenvalue weighted by atomic mass is 16.1. The van der Waals surface area contributed by atoms with Gasteiger partial charge in [-0.2, -0.15) is 5.10 Å². The summed E-state index contributed by atoms with van der Waals surface area (Å²) in [7, 11) is 0. The van der Waals surface area contributed by atoms with E-state index >= 15 is 0 Å². The molecule has 1 heterocycles. The van der Waals surface area contributed by atoms with Gasteiger partial charge in [-0.05, 0) is 43.9 Å². The molecule has 1 aliphatic rings. The Morgan fingerprint density at radius 1 is 1.10 bits per heavy atom. The number of carbonyl (C=O) groups is 1. The number of Topliss-reactive ketones (excluding diaryl/α,β-unsaturated/α-hetero) is 1. The molecule has 2 atom stereocenters. The molecule has 0 radical (unpaired) electrons. The Bertz CT molecular complexity index is 494. The highest BCUT2D eigenvalue weighted by Crippen LogP contribution is 2.37. The van der Waals surface area contributed by atoms with Gasteiger partial charge in [-0.1, -0.05) is 34.6 Å². The third-order valence-corrected chi connectivity index (χ3v) is 4.85. The van der Waals surface area contributed by atoms with Gasteiger partial charge in [0.25, 0.3) is 0 Å². The summed E-state index contributed by atoms with van der Waals surface area (Å²) < 4.78 is 2.22. The van der Waals surface area contributed by atoms with E-state index in [1.807, 2.05) is 6.92 Å². The number of aromatic nitrogens is 2. The smallest absolute Gasteiger partial charge is 0.166 e. The van der Waals surface area contributed by atoms with E-state index in [1.54, 1.807) is 0 Å². The summed E-state index contributed by atoms with van der Waals surface area (Å²) in [5.74, 6) is 1.76. The van der Waals surface area contributed by atoms with Crippen molar-refractivity contribution in [3.8, 4) is 0 Å². The van der Waals surface area contributed by atoms with E-state index in [1.165, 1.54) is 25.0 Å². The lowest BCUT2D eigenvalue weighted by molar-refractivity contribution is 0.0986. The Kier molecular flexibility index (Phi) is 5.23. The van der Waals surface area contributed by atoms with Crippen molar-refractivity contribution in [1.29, 1.82) is 0 Å². The van der Waals surface area contributed by atoms with Gasteiger partial charge in [-0.3, -0.25) is 9.48 Å². The summed E-state index contributed by atoms with van der Waals surface area (Å²) in [6, 6.07) is 0.474. The zero-order chi connectivity index (χ0) is 15.6. The van der Waals surface area contributed by atoms with Gasteiger partial charge in [-0.25, -0.2) is 0 Å². The number of carbonyl (C=O) groups excluding carboxylic acids is 1. The number of aryl methyl sites for hydroxylation is 1. The maximum absolute atomic E-state index is 12.3. The molecular formula is C18H30N2O. The van der Waals surface area contributed by atoms with Crippen LogP contribution in [0.15, 0.2) is 0 Å². The van der Waals surface area contributed by atoms with Crippen LogP contribution in [0.5, 0.6) is 0 Å². The quantitative estimate of drug-likeness (QED) is 0.743. The molecular weight excluding hydrogens is 260 g/mol. The normalized spacial score (nSPS) is 26.0. The Morgan fingerprint density at radius 3 is 2.19 bits per heavy atom.